The van der Waals surface area contributed by atoms with Crippen molar-refractivity contribution >= 4 is 39.4 Å². The number of alkyl halides is 3. The third-order valence-corrected chi connectivity index (χ3v) is 5.27. The van der Waals surface area contributed by atoms with Crippen LogP contribution < -0.4 is 11.1 Å². The third kappa shape index (κ3) is 4.66. The van der Waals surface area contributed by atoms with Crippen molar-refractivity contribution in [2.45, 2.75) is 26.2 Å². The van der Waals surface area contributed by atoms with Gasteiger partial charge in [0.25, 0.3) is 0 Å². The molecule has 0 spiro atoms. The Labute approximate surface area is 192 Å². The van der Waals surface area contributed by atoms with Gasteiger partial charge in [0.15, 0.2) is 0 Å². The van der Waals surface area contributed by atoms with E-state index in [9.17, 15) is 22.8 Å². The Bertz CT molecular complexity index is 1400. The van der Waals surface area contributed by atoms with Gasteiger partial charge < -0.3 is 20.4 Å². The molecule has 2 aromatic heterocycles. The van der Waals surface area contributed by atoms with Crippen LogP contribution in [0, 0.1) is 0 Å². The lowest BCUT2D eigenvalue weighted by atomic mass is 10.0. The zero-order valence-electron chi connectivity index (χ0n) is 18.1. The topological polar surface area (TPSA) is 99.2 Å². The zero-order valence-corrected chi connectivity index (χ0v) is 18.1. The zero-order chi connectivity index (χ0) is 24.5. The van der Waals surface area contributed by atoms with Crippen LogP contribution in [0.25, 0.3) is 21.8 Å². The first-order valence-electron chi connectivity index (χ1n) is 10.5. The Morgan fingerprint density at radius 3 is 2.59 bits per heavy atom. The molecule has 34 heavy (non-hydrogen) atoms. The van der Waals surface area contributed by atoms with E-state index in [1.165, 1.54) is 6.07 Å². The number of aromatic nitrogens is 2. The number of rotatable bonds is 6. The van der Waals surface area contributed by atoms with Crippen molar-refractivity contribution in [2.24, 2.45) is 0 Å². The second kappa shape index (κ2) is 9.05. The second-order valence-electron chi connectivity index (χ2n) is 7.63. The van der Waals surface area contributed by atoms with E-state index in [4.69, 9.17) is 10.5 Å². The molecule has 0 saturated carbocycles. The molecule has 0 aliphatic carbocycles. The summed E-state index contributed by atoms with van der Waals surface area (Å²) in [6, 6.07) is 16.0. The summed E-state index contributed by atoms with van der Waals surface area (Å²) in [4.78, 5) is 28.3. The van der Waals surface area contributed by atoms with E-state index in [1.54, 1.807) is 29.7 Å². The van der Waals surface area contributed by atoms with Gasteiger partial charge in [0.2, 0.25) is 0 Å². The van der Waals surface area contributed by atoms with Crippen LogP contribution in [-0.4, -0.2) is 34.2 Å². The van der Waals surface area contributed by atoms with E-state index in [0.29, 0.717) is 16.7 Å². The predicted molar refractivity (Wildman–Crippen MR) is 121 cm³/mol. The van der Waals surface area contributed by atoms with Gasteiger partial charge in [0.05, 0.1) is 25.4 Å². The van der Waals surface area contributed by atoms with Gasteiger partial charge in [-0.1, -0.05) is 24.3 Å². The predicted octanol–water partition coefficient (Wildman–Crippen LogP) is 4.18. The van der Waals surface area contributed by atoms with Gasteiger partial charge >= 0.3 is 18.1 Å². The van der Waals surface area contributed by atoms with E-state index in [-0.39, 0.29) is 24.5 Å². The summed E-state index contributed by atoms with van der Waals surface area (Å²) in [6.45, 7) is 1.66. The van der Waals surface area contributed by atoms with E-state index in [2.05, 4.69) is 4.98 Å². The molecule has 3 N–H and O–H groups in total. The number of nitrogen functional groups attached to an aromatic ring is 1. The molecule has 7 nitrogen and oxygen atoms in total. The molecule has 0 bridgehead atoms. The number of hydrogen-bond acceptors (Lipinski definition) is 5. The highest BCUT2D eigenvalue weighted by molar-refractivity contribution is 5.95. The van der Waals surface area contributed by atoms with Crippen molar-refractivity contribution in [3.05, 3.63) is 71.5 Å². The molecule has 10 heteroatoms. The number of nitrogens with zero attached hydrogens (tertiary/aromatic N) is 2. The molecule has 4 aromatic rings. The van der Waals surface area contributed by atoms with E-state index >= 15 is 0 Å². The largest absolute Gasteiger partial charge is 0.471 e. The summed E-state index contributed by atoms with van der Waals surface area (Å²) in [6.07, 6.45) is -4.99. The number of benzene rings is 2. The van der Waals surface area contributed by atoms with Crippen LogP contribution in [0.5, 0.6) is 0 Å². The Hall–Kier alpha value is -4.08. The monoisotopic (exact) mass is 470 g/mol. The molecule has 0 atom stereocenters. The van der Waals surface area contributed by atoms with Crippen molar-refractivity contribution in [1.82, 2.24) is 14.9 Å². The Morgan fingerprint density at radius 2 is 1.85 bits per heavy atom. The van der Waals surface area contributed by atoms with Crippen LogP contribution in [0.15, 0.2) is 54.6 Å². The molecule has 0 unspecified atom stereocenters. The van der Waals surface area contributed by atoms with Crippen LogP contribution >= 0.6 is 0 Å². The smallest absolute Gasteiger partial charge is 0.461 e. The highest BCUT2D eigenvalue weighted by atomic mass is 19.4. The van der Waals surface area contributed by atoms with Crippen LogP contribution in [0.4, 0.5) is 18.9 Å². The van der Waals surface area contributed by atoms with Gasteiger partial charge in [-0.3, -0.25) is 4.79 Å². The first-order valence-corrected chi connectivity index (χ1v) is 10.5. The van der Waals surface area contributed by atoms with E-state index in [0.717, 1.165) is 16.3 Å². The number of carbonyl (C=O) groups is 2. The lowest BCUT2D eigenvalue weighted by Gasteiger charge is -2.13. The number of hydrogen-bond donors (Lipinski definition) is 2. The summed E-state index contributed by atoms with van der Waals surface area (Å²) < 4.78 is 44.5. The Balaban J connectivity index is 1.79. The average Bonchev–Trinajstić information content (AvgIpc) is 3.14. The van der Waals surface area contributed by atoms with Gasteiger partial charge in [0.1, 0.15) is 11.3 Å². The third-order valence-electron chi connectivity index (χ3n) is 5.27. The van der Waals surface area contributed by atoms with Gasteiger partial charge in [-0.25, -0.2) is 9.78 Å². The highest BCUT2D eigenvalue weighted by Crippen LogP contribution is 2.27. The number of halogens is 3. The number of carbonyl (C=O) groups excluding carboxylic acids is 2. The van der Waals surface area contributed by atoms with Crippen LogP contribution in [0.2, 0.25) is 0 Å². The molecular weight excluding hydrogens is 449 g/mol. The second-order valence-corrected chi connectivity index (χ2v) is 7.63. The minimum absolute atomic E-state index is 0.170. The maximum Gasteiger partial charge on any atom is 0.471 e. The summed E-state index contributed by atoms with van der Waals surface area (Å²) in [5.41, 5.74) is 8.29. The fraction of sp³-hybridized carbons (Fsp3) is 0.208. The molecule has 0 radical (unpaired) electrons. The number of nitrogens with two attached hydrogens (primary N) is 1. The number of nitrogens with one attached hydrogen (secondary N) is 1. The minimum Gasteiger partial charge on any atom is -0.461 e. The van der Waals surface area contributed by atoms with E-state index < -0.39 is 24.6 Å². The summed E-state index contributed by atoms with van der Waals surface area (Å²) in [5.74, 6) is -2.61. The lowest BCUT2D eigenvalue weighted by Crippen LogP contribution is -2.36. The summed E-state index contributed by atoms with van der Waals surface area (Å²) in [5, 5.41) is 4.27. The Kier molecular flexibility index (Phi) is 6.14. The minimum atomic E-state index is -4.99. The maximum absolute atomic E-state index is 12.7. The number of amides is 1. The van der Waals surface area contributed by atoms with Crippen molar-refractivity contribution in [3.63, 3.8) is 0 Å². The highest BCUT2D eigenvalue weighted by Gasteiger charge is 2.38. The van der Waals surface area contributed by atoms with Crippen molar-refractivity contribution < 1.29 is 27.5 Å². The fourth-order valence-corrected chi connectivity index (χ4v) is 3.79. The van der Waals surface area contributed by atoms with Crippen LogP contribution in [0.3, 0.4) is 0 Å². The number of anilines is 1. The molecule has 4 rings (SSSR count). The standard InChI is InChI=1S/C24H21F3N4O3/c1-2-34-22(32)20-11-15-7-8-18(12-29-23(33)24(25,26)27)30-21(15)31(20)13-16-10-17(28)9-14-5-3-4-6-19(14)16/h3-11H,2,12-13,28H2,1H3,(H,29,33). The number of esters is 1. The fourth-order valence-electron chi connectivity index (χ4n) is 3.79. The molecule has 1 amide bonds. The van der Waals surface area contributed by atoms with E-state index in [1.807, 2.05) is 35.6 Å². The summed E-state index contributed by atoms with van der Waals surface area (Å²) >= 11 is 0. The molecule has 176 valence electrons. The number of fused-ring (bicyclic) bond motifs is 2. The normalized spacial score (nSPS) is 11.6. The number of ether oxygens (including phenoxy) is 1. The van der Waals surface area contributed by atoms with Crippen molar-refractivity contribution in [1.29, 1.82) is 0 Å². The lowest BCUT2D eigenvalue weighted by molar-refractivity contribution is -0.173. The molecular formula is C24H21F3N4O3. The van der Waals surface area contributed by atoms with Crippen molar-refractivity contribution in [3.8, 4) is 0 Å². The average molecular weight is 470 g/mol. The Morgan fingerprint density at radius 1 is 1.09 bits per heavy atom. The maximum atomic E-state index is 12.7. The van der Waals surface area contributed by atoms with Crippen LogP contribution in [0.1, 0.15) is 28.7 Å². The first kappa shape index (κ1) is 23.1. The van der Waals surface area contributed by atoms with Crippen molar-refractivity contribution in [2.75, 3.05) is 12.3 Å². The molecule has 0 saturated heterocycles. The first-order chi connectivity index (χ1) is 16.2. The molecule has 2 aromatic carbocycles. The van der Waals surface area contributed by atoms with Gasteiger partial charge in [0, 0.05) is 11.1 Å². The summed E-state index contributed by atoms with van der Waals surface area (Å²) in [7, 11) is 0. The molecule has 0 fully saturated rings. The molecule has 0 aliphatic rings. The SMILES string of the molecule is CCOC(=O)c1cc2ccc(CNC(=O)C(F)(F)F)nc2n1Cc1cc(N)cc2ccccc12. The van der Waals surface area contributed by atoms with Gasteiger partial charge in [-0.15, -0.1) is 0 Å². The quantitative estimate of drug-likeness (QED) is 0.326. The molecule has 2 heterocycles. The van der Waals surface area contributed by atoms with Gasteiger partial charge in [-0.2, -0.15) is 13.2 Å². The van der Waals surface area contributed by atoms with Gasteiger partial charge in [-0.05, 0) is 53.6 Å². The number of pyridine rings is 1. The van der Waals surface area contributed by atoms with Crippen LogP contribution in [-0.2, 0) is 22.6 Å². The molecule has 0 aliphatic heterocycles.